The van der Waals surface area contributed by atoms with Crippen molar-refractivity contribution in [3.05, 3.63) is 36.2 Å². The van der Waals surface area contributed by atoms with Gasteiger partial charge in [-0.2, -0.15) is 0 Å². The summed E-state index contributed by atoms with van der Waals surface area (Å²) in [6.07, 6.45) is 1.45. The van der Waals surface area contributed by atoms with Crippen molar-refractivity contribution < 1.29 is 14.3 Å². The number of rotatable bonds is 4. The number of imidazole rings is 1. The molecular weight excluding hydrogens is 232 g/mol. The van der Waals surface area contributed by atoms with E-state index in [1.807, 2.05) is 31.2 Å². The van der Waals surface area contributed by atoms with Gasteiger partial charge >= 0.3 is 5.97 Å². The molecule has 2 aromatic rings. The molecule has 1 N–H and O–H groups in total. The first-order chi connectivity index (χ1) is 8.74. The van der Waals surface area contributed by atoms with Crippen LogP contribution in [0.3, 0.4) is 0 Å². The zero-order valence-electron chi connectivity index (χ0n) is 10.3. The summed E-state index contributed by atoms with van der Waals surface area (Å²) in [5, 5.41) is 0. The molecule has 0 aliphatic rings. The molecule has 0 radical (unpaired) electrons. The molecule has 0 saturated carbocycles. The van der Waals surface area contributed by atoms with Gasteiger partial charge in [0, 0.05) is 5.56 Å². The van der Waals surface area contributed by atoms with Crippen molar-refractivity contribution in [1.29, 1.82) is 0 Å². The van der Waals surface area contributed by atoms with Crippen LogP contribution >= 0.6 is 0 Å². The molecule has 1 heterocycles. The smallest absolute Gasteiger partial charge is 0.356 e. The van der Waals surface area contributed by atoms with Crippen molar-refractivity contribution in [2.75, 3.05) is 13.7 Å². The Hall–Kier alpha value is -2.30. The third kappa shape index (κ3) is 2.51. The number of esters is 1. The van der Waals surface area contributed by atoms with E-state index in [4.69, 9.17) is 4.74 Å². The Balaban J connectivity index is 2.28. The number of hydrogen-bond donors (Lipinski definition) is 1. The van der Waals surface area contributed by atoms with E-state index < -0.39 is 5.97 Å². The first-order valence-corrected chi connectivity index (χ1v) is 5.61. The van der Waals surface area contributed by atoms with Crippen LogP contribution in [0.25, 0.3) is 11.4 Å². The molecular formula is C13H14N2O3. The molecule has 5 heteroatoms. The Morgan fingerprint density at radius 1 is 1.44 bits per heavy atom. The lowest BCUT2D eigenvalue weighted by atomic mass is 10.2. The van der Waals surface area contributed by atoms with Crippen molar-refractivity contribution in [2.24, 2.45) is 0 Å². The SMILES string of the molecule is CCOc1cccc(-c2ncc(C(=O)OC)[nH]2)c1. The maximum absolute atomic E-state index is 11.3. The van der Waals surface area contributed by atoms with Gasteiger partial charge in [0.1, 0.15) is 17.3 Å². The molecule has 1 aromatic carbocycles. The molecule has 5 nitrogen and oxygen atoms in total. The number of H-pyrrole nitrogens is 1. The van der Waals surface area contributed by atoms with E-state index in [-0.39, 0.29) is 0 Å². The standard InChI is InChI=1S/C13H14N2O3/c1-3-18-10-6-4-5-9(7-10)12-14-8-11(15-12)13(16)17-2/h4-8H,3H2,1-2H3,(H,14,15). The van der Waals surface area contributed by atoms with Crippen LogP contribution in [-0.2, 0) is 4.74 Å². The molecule has 0 unspecified atom stereocenters. The van der Waals surface area contributed by atoms with Gasteiger partial charge in [0.15, 0.2) is 0 Å². The number of aromatic amines is 1. The number of aromatic nitrogens is 2. The zero-order valence-corrected chi connectivity index (χ0v) is 10.3. The molecule has 0 atom stereocenters. The summed E-state index contributed by atoms with van der Waals surface area (Å²) >= 11 is 0. The van der Waals surface area contributed by atoms with E-state index in [0.717, 1.165) is 11.3 Å². The van der Waals surface area contributed by atoms with Crippen molar-refractivity contribution in [2.45, 2.75) is 6.92 Å². The molecule has 0 aliphatic heterocycles. The fraction of sp³-hybridized carbons (Fsp3) is 0.231. The van der Waals surface area contributed by atoms with E-state index in [0.29, 0.717) is 18.1 Å². The molecule has 0 spiro atoms. The Kier molecular flexibility index (Phi) is 3.62. The number of nitrogens with zero attached hydrogens (tertiary/aromatic N) is 1. The fourth-order valence-corrected chi connectivity index (χ4v) is 1.58. The lowest BCUT2D eigenvalue weighted by Crippen LogP contribution is -2.00. The highest BCUT2D eigenvalue weighted by Gasteiger charge is 2.10. The molecule has 18 heavy (non-hydrogen) atoms. The van der Waals surface area contributed by atoms with Gasteiger partial charge in [-0.1, -0.05) is 12.1 Å². The maximum atomic E-state index is 11.3. The number of nitrogens with one attached hydrogen (secondary N) is 1. The Labute approximate surface area is 105 Å². The first-order valence-electron chi connectivity index (χ1n) is 5.61. The third-order valence-corrected chi connectivity index (χ3v) is 2.40. The van der Waals surface area contributed by atoms with E-state index in [1.54, 1.807) is 0 Å². The molecule has 94 valence electrons. The van der Waals surface area contributed by atoms with Gasteiger partial charge in [-0.25, -0.2) is 9.78 Å². The van der Waals surface area contributed by atoms with Gasteiger partial charge in [0.25, 0.3) is 0 Å². The second-order valence-corrected chi connectivity index (χ2v) is 3.60. The Morgan fingerprint density at radius 2 is 2.28 bits per heavy atom. The van der Waals surface area contributed by atoms with Crippen LogP contribution in [0, 0.1) is 0 Å². The molecule has 0 saturated heterocycles. The first kappa shape index (κ1) is 12.2. The van der Waals surface area contributed by atoms with Crippen molar-refractivity contribution >= 4 is 5.97 Å². The molecule has 0 amide bonds. The maximum Gasteiger partial charge on any atom is 0.356 e. The average molecular weight is 246 g/mol. The number of carbonyl (C=O) groups is 1. The van der Waals surface area contributed by atoms with Gasteiger partial charge in [-0.15, -0.1) is 0 Å². The minimum atomic E-state index is -0.435. The second kappa shape index (κ2) is 5.35. The summed E-state index contributed by atoms with van der Waals surface area (Å²) in [5.41, 5.74) is 1.19. The highest BCUT2D eigenvalue weighted by Crippen LogP contribution is 2.21. The number of ether oxygens (including phenoxy) is 2. The minimum Gasteiger partial charge on any atom is -0.494 e. The summed E-state index contributed by atoms with van der Waals surface area (Å²) in [7, 11) is 1.33. The predicted molar refractivity (Wildman–Crippen MR) is 66.5 cm³/mol. The van der Waals surface area contributed by atoms with Crippen molar-refractivity contribution in [3.63, 3.8) is 0 Å². The fourth-order valence-electron chi connectivity index (χ4n) is 1.58. The molecule has 1 aromatic heterocycles. The topological polar surface area (TPSA) is 64.2 Å². The molecule has 0 aliphatic carbocycles. The van der Waals surface area contributed by atoms with Crippen LogP contribution in [-0.4, -0.2) is 29.7 Å². The number of methoxy groups -OCH3 is 1. The molecule has 0 bridgehead atoms. The normalized spacial score (nSPS) is 10.1. The summed E-state index contributed by atoms with van der Waals surface area (Å²) in [6.45, 7) is 2.53. The molecule has 0 fully saturated rings. The van der Waals surface area contributed by atoms with E-state index in [2.05, 4.69) is 14.7 Å². The lowest BCUT2D eigenvalue weighted by molar-refractivity contribution is 0.0595. The van der Waals surface area contributed by atoms with Gasteiger partial charge in [-0.3, -0.25) is 0 Å². The van der Waals surface area contributed by atoms with Crippen LogP contribution in [0.1, 0.15) is 17.4 Å². The summed E-state index contributed by atoms with van der Waals surface area (Å²) in [6, 6.07) is 7.50. The number of hydrogen-bond acceptors (Lipinski definition) is 4. The lowest BCUT2D eigenvalue weighted by Gasteiger charge is -2.04. The quantitative estimate of drug-likeness (QED) is 0.840. The van der Waals surface area contributed by atoms with Crippen LogP contribution < -0.4 is 4.74 Å². The van der Waals surface area contributed by atoms with Crippen molar-refractivity contribution in [1.82, 2.24) is 9.97 Å². The Bertz CT molecular complexity index is 549. The van der Waals surface area contributed by atoms with Gasteiger partial charge in [0.05, 0.1) is 19.9 Å². The monoisotopic (exact) mass is 246 g/mol. The highest BCUT2D eigenvalue weighted by atomic mass is 16.5. The van der Waals surface area contributed by atoms with Gasteiger partial charge in [-0.05, 0) is 19.1 Å². The largest absolute Gasteiger partial charge is 0.494 e. The summed E-state index contributed by atoms with van der Waals surface area (Å²) < 4.78 is 10.0. The number of benzene rings is 1. The van der Waals surface area contributed by atoms with E-state index >= 15 is 0 Å². The summed E-state index contributed by atoms with van der Waals surface area (Å²) in [5.74, 6) is 0.942. The van der Waals surface area contributed by atoms with Crippen molar-refractivity contribution in [3.8, 4) is 17.1 Å². The second-order valence-electron chi connectivity index (χ2n) is 3.60. The van der Waals surface area contributed by atoms with Crippen LogP contribution in [0.15, 0.2) is 30.5 Å². The minimum absolute atomic E-state index is 0.328. The zero-order chi connectivity index (χ0) is 13.0. The summed E-state index contributed by atoms with van der Waals surface area (Å²) in [4.78, 5) is 18.4. The molecule has 2 rings (SSSR count). The van der Waals surface area contributed by atoms with E-state index in [9.17, 15) is 4.79 Å². The highest BCUT2D eigenvalue weighted by molar-refractivity contribution is 5.87. The Morgan fingerprint density at radius 3 is 3.00 bits per heavy atom. The van der Waals surface area contributed by atoms with Crippen LogP contribution in [0.5, 0.6) is 5.75 Å². The van der Waals surface area contributed by atoms with E-state index in [1.165, 1.54) is 13.3 Å². The average Bonchev–Trinajstić information content (AvgIpc) is 2.88. The predicted octanol–water partition coefficient (Wildman–Crippen LogP) is 2.26. The van der Waals surface area contributed by atoms with Gasteiger partial charge < -0.3 is 14.5 Å². The van der Waals surface area contributed by atoms with Crippen LogP contribution in [0.4, 0.5) is 0 Å². The van der Waals surface area contributed by atoms with Crippen LogP contribution in [0.2, 0.25) is 0 Å². The third-order valence-electron chi connectivity index (χ3n) is 2.40. The van der Waals surface area contributed by atoms with Gasteiger partial charge in [0.2, 0.25) is 0 Å². The number of carbonyl (C=O) groups excluding carboxylic acids is 1.